The number of aromatic nitrogens is 4. The van der Waals surface area contributed by atoms with Gasteiger partial charge in [-0.05, 0) is 25.1 Å². The minimum Gasteiger partial charge on any atom is -0.496 e. The Balaban J connectivity index is 1.91. The topological polar surface area (TPSA) is 99.6 Å². The summed E-state index contributed by atoms with van der Waals surface area (Å²) < 4.78 is 34.2. The molecule has 0 atom stereocenters. The fourth-order valence-corrected chi connectivity index (χ4v) is 4.44. The molecule has 8 nitrogen and oxygen atoms in total. The van der Waals surface area contributed by atoms with Gasteiger partial charge in [-0.1, -0.05) is 11.6 Å². The van der Waals surface area contributed by atoms with E-state index in [9.17, 15) is 19.1 Å². The van der Waals surface area contributed by atoms with E-state index in [1.807, 2.05) is 11.0 Å². The minimum atomic E-state index is -2.94. The fraction of sp³-hybridized carbons (Fsp3) is 0.273. The van der Waals surface area contributed by atoms with Crippen molar-refractivity contribution in [3.8, 4) is 22.9 Å². The first-order valence-corrected chi connectivity index (χ1v) is 10.4. The Bertz CT molecular complexity index is 1460. The number of aliphatic hydroxyl groups excluding tert-OH is 1. The predicted molar refractivity (Wildman–Crippen MR) is 118 cm³/mol. The van der Waals surface area contributed by atoms with Gasteiger partial charge >= 0.3 is 0 Å². The molecule has 3 aromatic heterocycles. The van der Waals surface area contributed by atoms with Gasteiger partial charge in [-0.15, -0.1) is 0 Å². The van der Waals surface area contributed by atoms with E-state index in [-0.39, 0.29) is 24.3 Å². The van der Waals surface area contributed by atoms with Crippen molar-refractivity contribution in [1.29, 1.82) is 5.26 Å². The summed E-state index contributed by atoms with van der Waals surface area (Å²) in [5, 5.41) is 24.7. The van der Waals surface area contributed by atoms with E-state index in [2.05, 4.69) is 15.1 Å². The predicted octanol–water partition coefficient (Wildman–Crippen LogP) is 3.91. The van der Waals surface area contributed by atoms with Crippen LogP contribution in [-0.2, 0) is 0 Å². The second kappa shape index (κ2) is 7.79. The molecule has 0 spiro atoms. The first kappa shape index (κ1) is 21.3. The third-order valence-corrected chi connectivity index (χ3v) is 5.91. The maximum Gasteiger partial charge on any atom is 0.283 e. The van der Waals surface area contributed by atoms with Crippen molar-refractivity contribution in [1.82, 2.24) is 19.6 Å². The Morgan fingerprint density at radius 2 is 2.09 bits per heavy atom. The lowest BCUT2D eigenvalue weighted by Crippen LogP contribution is -2.51. The van der Waals surface area contributed by atoms with E-state index in [1.165, 1.54) is 11.6 Å². The highest BCUT2D eigenvalue weighted by Gasteiger charge is 2.33. The van der Waals surface area contributed by atoms with Gasteiger partial charge in [0, 0.05) is 35.4 Å². The number of pyridine rings is 1. The summed E-state index contributed by atoms with van der Waals surface area (Å²) in [4.78, 5) is 10.7. The molecule has 0 unspecified atom stereocenters. The van der Waals surface area contributed by atoms with Crippen LogP contribution < -0.4 is 9.64 Å². The Labute approximate surface area is 191 Å². The summed E-state index contributed by atoms with van der Waals surface area (Å²) in [6, 6.07) is 6.96. The van der Waals surface area contributed by atoms with Gasteiger partial charge in [0.25, 0.3) is 6.43 Å². The molecule has 1 aromatic carbocycles. The maximum absolute atomic E-state index is 13.7. The number of aryl methyl sites for hydroxylation is 1. The van der Waals surface area contributed by atoms with Crippen molar-refractivity contribution in [2.24, 2.45) is 0 Å². The van der Waals surface area contributed by atoms with E-state index >= 15 is 0 Å². The number of nitrogens with zero attached hydrogens (tertiary/aromatic N) is 6. The first-order chi connectivity index (χ1) is 15.8. The molecule has 11 heteroatoms. The van der Waals surface area contributed by atoms with Gasteiger partial charge in [-0.2, -0.15) is 14.9 Å². The van der Waals surface area contributed by atoms with Crippen molar-refractivity contribution >= 4 is 34.0 Å². The first-order valence-electron chi connectivity index (χ1n) is 10.0. The second-order valence-corrected chi connectivity index (χ2v) is 8.16. The van der Waals surface area contributed by atoms with Gasteiger partial charge in [0.1, 0.15) is 28.9 Å². The van der Waals surface area contributed by atoms with Crippen LogP contribution in [0.3, 0.4) is 0 Å². The average molecular weight is 471 g/mol. The lowest BCUT2D eigenvalue weighted by atomic mass is 9.98. The van der Waals surface area contributed by atoms with E-state index < -0.39 is 18.2 Å². The fourth-order valence-electron chi connectivity index (χ4n) is 4.24. The van der Waals surface area contributed by atoms with Crippen molar-refractivity contribution < 1.29 is 18.6 Å². The monoisotopic (exact) mass is 470 g/mol. The SMILES string of the molecule is COc1cc(Cl)cc2nccc(-c3c(C)nc4c(C#N)c(C(F)F)nn4c3N3CC(O)C3)c12. The molecular weight excluding hydrogens is 454 g/mol. The van der Waals surface area contributed by atoms with Crippen molar-refractivity contribution in [3.63, 3.8) is 0 Å². The highest BCUT2D eigenvalue weighted by atomic mass is 35.5. The van der Waals surface area contributed by atoms with Crippen molar-refractivity contribution in [2.45, 2.75) is 19.5 Å². The Morgan fingerprint density at radius 1 is 1.33 bits per heavy atom. The van der Waals surface area contributed by atoms with Crippen LogP contribution in [0.4, 0.5) is 14.6 Å². The number of ether oxygens (including phenoxy) is 1. The molecular formula is C22H17ClF2N6O2. The van der Waals surface area contributed by atoms with E-state index in [0.29, 0.717) is 44.3 Å². The molecule has 1 aliphatic heterocycles. The molecule has 168 valence electrons. The number of fused-ring (bicyclic) bond motifs is 2. The quantitative estimate of drug-likeness (QED) is 0.482. The maximum atomic E-state index is 13.7. The molecule has 0 bridgehead atoms. The molecule has 4 aromatic rings. The Kier molecular flexibility index (Phi) is 5.03. The largest absolute Gasteiger partial charge is 0.496 e. The van der Waals surface area contributed by atoms with Crippen LogP contribution in [0.25, 0.3) is 27.7 Å². The van der Waals surface area contributed by atoms with Crippen LogP contribution in [0, 0.1) is 18.3 Å². The molecule has 33 heavy (non-hydrogen) atoms. The lowest BCUT2D eigenvalue weighted by molar-refractivity contribution is 0.140. The molecule has 1 N–H and O–H groups in total. The molecule has 0 amide bonds. The summed E-state index contributed by atoms with van der Waals surface area (Å²) in [6.07, 6.45) is -1.89. The zero-order valence-corrected chi connectivity index (χ0v) is 18.3. The number of anilines is 1. The van der Waals surface area contributed by atoms with Gasteiger partial charge in [0.15, 0.2) is 5.65 Å². The number of β-amino-alcohol motifs (C(OH)–C–C–N with tert-alkyl or cyclic N) is 1. The van der Waals surface area contributed by atoms with Crippen LogP contribution in [0.2, 0.25) is 5.02 Å². The number of benzene rings is 1. The number of halogens is 3. The van der Waals surface area contributed by atoms with E-state index in [0.717, 1.165) is 0 Å². The number of aliphatic hydroxyl groups is 1. The Hall–Kier alpha value is -3.55. The third kappa shape index (κ3) is 3.23. The smallest absolute Gasteiger partial charge is 0.283 e. The number of methoxy groups -OCH3 is 1. The minimum absolute atomic E-state index is 0.0406. The summed E-state index contributed by atoms with van der Waals surface area (Å²) in [6.45, 7) is 2.30. The summed E-state index contributed by atoms with van der Waals surface area (Å²) in [5.41, 5.74) is 1.51. The second-order valence-electron chi connectivity index (χ2n) is 7.72. The number of alkyl halides is 2. The van der Waals surface area contributed by atoms with Crippen LogP contribution >= 0.6 is 11.6 Å². The van der Waals surface area contributed by atoms with Crippen LogP contribution in [0.5, 0.6) is 5.75 Å². The highest BCUT2D eigenvalue weighted by Crippen LogP contribution is 2.43. The number of hydrogen-bond donors (Lipinski definition) is 1. The molecule has 0 aliphatic carbocycles. The molecule has 1 fully saturated rings. The molecule has 1 saturated heterocycles. The summed E-state index contributed by atoms with van der Waals surface area (Å²) >= 11 is 6.22. The van der Waals surface area contributed by atoms with Crippen molar-refractivity contribution in [2.75, 3.05) is 25.1 Å². The molecule has 0 saturated carbocycles. The van der Waals surface area contributed by atoms with E-state index in [1.54, 1.807) is 31.3 Å². The van der Waals surface area contributed by atoms with Crippen LogP contribution in [0.15, 0.2) is 24.4 Å². The average Bonchev–Trinajstić information content (AvgIpc) is 3.13. The van der Waals surface area contributed by atoms with Gasteiger partial charge in [-0.25, -0.2) is 13.8 Å². The molecule has 0 radical (unpaired) electrons. The number of hydrogen-bond acceptors (Lipinski definition) is 7. The normalized spacial score (nSPS) is 14.2. The molecule has 4 heterocycles. The van der Waals surface area contributed by atoms with Gasteiger partial charge in [-0.3, -0.25) is 4.98 Å². The van der Waals surface area contributed by atoms with Gasteiger partial charge in [0.2, 0.25) is 0 Å². The Morgan fingerprint density at radius 3 is 2.73 bits per heavy atom. The molecule has 5 rings (SSSR count). The summed E-state index contributed by atoms with van der Waals surface area (Å²) in [5.74, 6) is 0.942. The van der Waals surface area contributed by atoms with E-state index in [4.69, 9.17) is 16.3 Å². The van der Waals surface area contributed by atoms with Crippen LogP contribution in [-0.4, -0.2) is 51.0 Å². The van der Waals surface area contributed by atoms with Gasteiger partial charge < -0.3 is 14.7 Å². The van der Waals surface area contributed by atoms with Crippen LogP contribution in [0.1, 0.15) is 23.4 Å². The van der Waals surface area contributed by atoms with Gasteiger partial charge in [0.05, 0.1) is 29.8 Å². The number of rotatable bonds is 4. The summed E-state index contributed by atoms with van der Waals surface area (Å²) in [7, 11) is 1.52. The standard InChI is InChI=1S/C22H17ClF2N6O2/c1-10-17(13-3-4-27-15-5-11(23)6-16(33-2)18(13)15)22(30-8-12(32)9-30)31-21(28-10)14(7-26)19(29-31)20(24)25/h3-6,12,20,32H,8-9H2,1-2H3. The zero-order chi connectivity index (χ0) is 23.4. The highest BCUT2D eigenvalue weighted by molar-refractivity contribution is 6.31. The van der Waals surface area contributed by atoms with Crippen molar-refractivity contribution in [3.05, 3.63) is 46.4 Å². The number of nitriles is 1. The third-order valence-electron chi connectivity index (χ3n) is 5.69. The zero-order valence-electron chi connectivity index (χ0n) is 17.6. The lowest BCUT2D eigenvalue weighted by Gasteiger charge is -2.39. The molecule has 1 aliphatic rings.